The van der Waals surface area contributed by atoms with Crippen LogP contribution in [0.4, 0.5) is 11.4 Å². The number of nitrogens with one attached hydrogen (secondary N) is 1. The summed E-state index contributed by atoms with van der Waals surface area (Å²) in [4.78, 5) is 34.6. The van der Waals surface area contributed by atoms with Crippen molar-refractivity contribution in [2.45, 2.75) is 0 Å². The number of ketones is 1. The van der Waals surface area contributed by atoms with Gasteiger partial charge >= 0.3 is 0 Å². The van der Waals surface area contributed by atoms with Gasteiger partial charge in [-0.2, -0.15) is 0 Å². The van der Waals surface area contributed by atoms with Crippen molar-refractivity contribution in [3.05, 3.63) is 81.1 Å². The SMILES string of the molecule is O=C1COc2ccc(C(=O)/C=C/c3ccc(-c4ccc(Cl)cc4[N+](=O)[O-])o3)cc2N1. The van der Waals surface area contributed by atoms with E-state index in [4.69, 9.17) is 20.8 Å². The molecule has 2 aromatic carbocycles. The zero-order chi connectivity index (χ0) is 21.3. The van der Waals surface area contributed by atoms with Crippen LogP contribution in [0.2, 0.25) is 5.02 Å². The van der Waals surface area contributed by atoms with Gasteiger partial charge in [0.05, 0.1) is 16.2 Å². The second kappa shape index (κ2) is 7.84. The highest BCUT2D eigenvalue weighted by Crippen LogP contribution is 2.33. The smallest absolute Gasteiger partial charge is 0.281 e. The molecule has 8 nitrogen and oxygen atoms in total. The summed E-state index contributed by atoms with van der Waals surface area (Å²) in [6, 6.07) is 12.2. The van der Waals surface area contributed by atoms with Crippen LogP contribution in [0.5, 0.6) is 5.75 Å². The van der Waals surface area contributed by atoms with Crippen LogP contribution >= 0.6 is 11.6 Å². The number of hydrogen-bond donors (Lipinski definition) is 1. The fourth-order valence-corrected chi connectivity index (χ4v) is 3.11. The summed E-state index contributed by atoms with van der Waals surface area (Å²) in [5, 5.41) is 14.2. The van der Waals surface area contributed by atoms with E-state index < -0.39 is 4.92 Å². The molecule has 0 aliphatic carbocycles. The molecule has 0 radical (unpaired) electrons. The number of allylic oxidation sites excluding steroid dienone is 1. The van der Waals surface area contributed by atoms with E-state index in [0.717, 1.165) is 0 Å². The number of furan rings is 1. The van der Waals surface area contributed by atoms with Crippen LogP contribution < -0.4 is 10.1 Å². The Morgan fingerprint density at radius 2 is 2.00 bits per heavy atom. The molecule has 0 spiro atoms. The minimum atomic E-state index is -0.540. The fourth-order valence-electron chi connectivity index (χ4n) is 2.94. The highest BCUT2D eigenvalue weighted by atomic mass is 35.5. The first-order valence-corrected chi connectivity index (χ1v) is 9.12. The number of nitrogens with zero attached hydrogens (tertiary/aromatic N) is 1. The molecule has 0 saturated heterocycles. The molecule has 0 unspecified atom stereocenters. The number of carbonyl (C=O) groups is 2. The first-order valence-electron chi connectivity index (χ1n) is 8.74. The molecule has 3 aromatic rings. The minimum Gasteiger partial charge on any atom is -0.482 e. The van der Waals surface area contributed by atoms with Gasteiger partial charge in [-0.15, -0.1) is 0 Å². The summed E-state index contributed by atoms with van der Waals surface area (Å²) in [5.41, 5.74) is 0.888. The Kier molecular flexibility index (Phi) is 5.07. The second-order valence-corrected chi connectivity index (χ2v) is 6.80. The van der Waals surface area contributed by atoms with Gasteiger partial charge < -0.3 is 14.5 Å². The van der Waals surface area contributed by atoms with Gasteiger partial charge in [0.25, 0.3) is 11.6 Å². The summed E-state index contributed by atoms with van der Waals surface area (Å²) in [6.07, 6.45) is 2.77. The molecule has 1 N–H and O–H groups in total. The third-order valence-corrected chi connectivity index (χ3v) is 4.58. The van der Waals surface area contributed by atoms with Crippen molar-refractivity contribution in [3.63, 3.8) is 0 Å². The van der Waals surface area contributed by atoms with Crippen molar-refractivity contribution in [1.82, 2.24) is 0 Å². The molecule has 30 heavy (non-hydrogen) atoms. The lowest BCUT2D eigenvalue weighted by Gasteiger charge is -2.17. The molecule has 9 heteroatoms. The van der Waals surface area contributed by atoms with Gasteiger partial charge in [-0.05, 0) is 54.6 Å². The average Bonchev–Trinajstić information content (AvgIpc) is 3.20. The number of nitro benzene ring substituents is 1. The number of hydrogen-bond acceptors (Lipinski definition) is 6. The molecule has 0 atom stereocenters. The second-order valence-electron chi connectivity index (χ2n) is 6.37. The van der Waals surface area contributed by atoms with Crippen LogP contribution in [0.3, 0.4) is 0 Å². The summed E-state index contributed by atoms with van der Waals surface area (Å²) in [7, 11) is 0. The lowest BCUT2D eigenvalue weighted by atomic mass is 10.1. The molecule has 1 aliphatic heterocycles. The van der Waals surface area contributed by atoms with E-state index >= 15 is 0 Å². The first-order chi connectivity index (χ1) is 14.4. The van der Waals surface area contributed by atoms with Gasteiger partial charge in [0.1, 0.15) is 17.3 Å². The maximum atomic E-state index is 12.5. The first kappa shape index (κ1) is 19.4. The normalized spacial score (nSPS) is 12.9. The van der Waals surface area contributed by atoms with E-state index in [1.165, 1.54) is 36.4 Å². The number of carbonyl (C=O) groups excluding carboxylic acids is 2. The maximum Gasteiger partial charge on any atom is 0.281 e. The standard InChI is InChI=1S/C21H13ClN2O6/c22-13-2-5-15(17(10-13)24(27)28)19-8-4-14(30-19)3-6-18(25)12-1-7-20-16(9-12)23-21(26)11-29-20/h1-10H,11H2,(H,23,26)/b6-3+. The Labute approximate surface area is 174 Å². The lowest BCUT2D eigenvalue weighted by Crippen LogP contribution is -2.25. The Morgan fingerprint density at radius 3 is 2.80 bits per heavy atom. The fraction of sp³-hybridized carbons (Fsp3) is 0.0476. The predicted molar refractivity (Wildman–Crippen MR) is 110 cm³/mol. The number of anilines is 1. The quantitative estimate of drug-likeness (QED) is 0.274. The molecule has 1 aromatic heterocycles. The molecule has 2 heterocycles. The van der Waals surface area contributed by atoms with Crippen LogP contribution in [-0.4, -0.2) is 23.2 Å². The number of halogens is 1. The van der Waals surface area contributed by atoms with Gasteiger partial charge in [-0.1, -0.05) is 11.6 Å². The van der Waals surface area contributed by atoms with Crippen LogP contribution in [0.15, 0.2) is 59.0 Å². The number of amides is 1. The van der Waals surface area contributed by atoms with Crippen LogP contribution in [0, 0.1) is 10.1 Å². The third-order valence-electron chi connectivity index (χ3n) is 4.34. The van der Waals surface area contributed by atoms with E-state index in [-0.39, 0.29) is 40.3 Å². The summed E-state index contributed by atoms with van der Waals surface area (Å²) < 4.78 is 10.9. The van der Waals surface area contributed by atoms with Crippen molar-refractivity contribution in [2.75, 3.05) is 11.9 Å². The molecule has 150 valence electrons. The Bertz CT molecular complexity index is 1210. The molecule has 0 bridgehead atoms. The Hall–Kier alpha value is -3.91. The summed E-state index contributed by atoms with van der Waals surface area (Å²) in [5.74, 6) is 0.516. The molecule has 0 saturated carbocycles. The Morgan fingerprint density at radius 1 is 1.17 bits per heavy atom. The van der Waals surface area contributed by atoms with E-state index in [1.54, 1.807) is 24.3 Å². The summed E-state index contributed by atoms with van der Waals surface area (Å²) >= 11 is 5.83. The van der Waals surface area contributed by atoms with Crippen LogP contribution in [0.1, 0.15) is 16.1 Å². The molecular weight excluding hydrogens is 412 g/mol. The topological polar surface area (TPSA) is 112 Å². The molecule has 1 amide bonds. The molecule has 4 rings (SSSR count). The highest BCUT2D eigenvalue weighted by molar-refractivity contribution is 6.30. The van der Waals surface area contributed by atoms with Gasteiger partial charge in [0, 0.05) is 16.7 Å². The monoisotopic (exact) mass is 424 g/mol. The predicted octanol–water partition coefficient (Wildman–Crippen LogP) is 4.74. The third kappa shape index (κ3) is 3.94. The maximum absolute atomic E-state index is 12.5. The van der Waals surface area contributed by atoms with Crippen molar-refractivity contribution in [3.8, 4) is 17.1 Å². The summed E-state index contributed by atoms with van der Waals surface area (Å²) in [6.45, 7) is -0.0627. The lowest BCUT2D eigenvalue weighted by molar-refractivity contribution is -0.384. The molecule has 1 aliphatic rings. The number of ether oxygens (including phenoxy) is 1. The largest absolute Gasteiger partial charge is 0.482 e. The van der Waals surface area contributed by atoms with Crippen molar-refractivity contribution >= 4 is 40.7 Å². The zero-order valence-corrected chi connectivity index (χ0v) is 16.0. The van der Waals surface area contributed by atoms with Crippen LogP contribution in [-0.2, 0) is 4.79 Å². The highest BCUT2D eigenvalue weighted by Gasteiger charge is 2.19. The minimum absolute atomic E-state index is 0.0627. The van der Waals surface area contributed by atoms with Crippen molar-refractivity contribution in [1.29, 1.82) is 0 Å². The molecule has 0 fully saturated rings. The molecular formula is C21H13ClN2O6. The number of fused-ring (bicyclic) bond motifs is 1. The Balaban J connectivity index is 1.54. The van der Waals surface area contributed by atoms with E-state index in [9.17, 15) is 19.7 Å². The number of nitro groups is 1. The van der Waals surface area contributed by atoms with E-state index in [0.29, 0.717) is 22.8 Å². The van der Waals surface area contributed by atoms with Gasteiger partial charge in [-0.25, -0.2) is 0 Å². The van der Waals surface area contributed by atoms with E-state index in [1.807, 2.05) is 0 Å². The van der Waals surface area contributed by atoms with Crippen molar-refractivity contribution < 1.29 is 23.7 Å². The van der Waals surface area contributed by atoms with Gasteiger partial charge in [0.2, 0.25) is 0 Å². The van der Waals surface area contributed by atoms with Crippen molar-refractivity contribution in [2.24, 2.45) is 0 Å². The van der Waals surface area contributed by atoms with Crippen LogP contribution in [0.25, 0.3) is 17.4 Å². The number of rotatable bonds is 5. The van der Waals surface area contributed by atoms with E-state index in [2.05, 4.69) is 5.32 Å². The van der Waals surface area contributed by atoms with Gasteiger partial charge in [0.15, 0.2) is 12.4 Å². The zero-order valence-electron chi connectivity index (χ0n) is 15.3. The van der Waals surface area contributed by atoms with Gasteiger partial charge in [-0.3, -0.25) is 19.7 Å². The average molecular weight is 425 g/mol. The number of benzene rings is 2.